The highest BCUT2D eigenvalue weighted by atomic mass is 32.1. The molecule has 100 valence electrons. The molecule has 0 aliphatic carbocycles. The number of fused-ring (bicyclic) bond motifs is 1. The third kappa shape index (κ3) is 1.93. The lowest BCUT2D eigenvalue weighted by Gasteiger charge is -2.19. The minimum absolute atomic E-state index is 0.889. The van der Waals surface area contributed by atoms with E-state index in [-0.39, 0.29) is 0 Å². The number of thiophene rings is 1. The lowest BCUT2D eigenvalue weighted by molar-refractivity contribution is 0.457. The van der Waals surface area contributed by atoms with Crippen molar-refractivity contribution in [2.75, 3.05) is 13.1 Å². The number of para-hydroxylation sites is 1. The van der Waals surface area contributed by atoms with Gasteiger partial charge >= 0.3 is 0 Å². The Morgan fingerprint density at radius 2 is 2.15 bits per heavy atom. The number of rotatable bonds is 3. The third-order valence-electron chi connectivity index (χ3n) is 3.69. The van der Waals surface area contributed by atoms with Crippen LogP contribution in [-0.2, 0) is 6.54 Å². The van der Waals surface area contributed by atoms with Crippen molar-refractivity contribution in [3.8, 4) is 0 Å². The fourth-order valence-corrected chi connectivity index (χ4v) is 3.46. The van der Waals surface area contributed by atoms with Gasteiger partial charge in [0.2, 0.25) is 0 Å². The number of hydrogen-bond donors (Lipinski definition) is 1. The number of nitrogens with one attached hydrogen (secondary N) is 1. The Labute approximate surface area is 121 Å². The molecule has 4 rings (SSSR count). The predicted octanol–water partition coefficient (Wildman–Crippen LogP) is 3.49. The number of aliphatic imine (C=N–C) groups is 1. The lowest BCUT2D eigenvalue weighted by Crippen LogP contribution is -2.27. The van der Waals surface area contributed by atoms with Gasteiger partial charge in [-0.25, -0.2) is 0 Å². The Balaban J connectivity index is 1.70. The second-order valence-corrected chi connectivity index (χ2v) is 5.99. The van der Waals surface area contributed by atoms with Crippen LogP contribution in [0.25, 0.3) is 10.9 Å². The van der Waals surface area contributed by atoms with Gasteiger partial charge in [0, 0.05) is 34.1 Å². The number of aromatic nitrogens is 1. The quantitative estimate of drug-likeness (QED) is 0.783. The van der Waals surface area contributed by atoms with Crippen LogP contribution in [0.1, 0.15) is 10.4 Å². The van der Waals surface area contributed by atoms with Crippen LogP contribution in [0.15, 0.2) is 53.0 Å². The van der Waals surface area contributed by atoms with E-state index in [1.54, 1.807) is 0 Å². The Bertz CT molecular complexity index is 755. The van der Waals surface area contributed by atoms with Crippen molar-refractivity contribution in [3.63, 3.8) is 0 Å². The van der Waals surface area contributed by atoms with Crippen LogP contribution >= 0.6 is 11.3 Å². The number of H-pyrrole nitrogens is 1. The van der Waals surface area contributed by atoms with Crippen molar-refractivity contribution in [3.05, 3.63) is 58.4 Å². The summed E-state index contributed by atoms with van der Waals surface area (Å²) in [7, 11) is 0. The summed E-state index contributed by atoms with van der Waals surface area (Å²) >= 11 is 1.81. The zero-order valence-corrected chi connectivity index (χ0v) is 11.9. The molecule has 0 unspecified atom stereocenters. The van der Waals surface area contributed by atoms with E-state index in [0.717, 1.165) is 25.5 Å². The standard InChI is InChI=1S/C16H15N3S/c1-2-6-15-13(5-1)14(10-18-15)16-17-7-8-19(16)11-12-4-3-9-20-12/h1-6,9-10,18H,7-8,11H2. The molecule has 0 amide bonds. The Morgan fingerprint density at radius 3 is 3.05 bits per heavy atom. The minimum Gasteiger partial charge on any atom is -0.360 e. The second-order valence-electron chi connectivity index (χ2n) is 4.95. The van der Waals surface area contributed by atoms with Gasteiger partial charge in [-0.2, -0.15) is 0 Å². The molecule has 3 aromatic rings. The number of nitrogens with zero attached hydrogens (tertiary/aromatic N) is 2. The smallest absolute Gasteiger partial charge is 0.133 e. The fourth-order valence-electron chi connectivity index (χ4n) is 2.74. The van der Waals surface area contributed by atoms with E-state index in [9.17, 15) is 0 Å². The first-order valence-electron chi connectivity index (χ1n) is 6.80. The lowest BCUT2D eigenvalue weighted by atomic mass is 10.1. The number of hydrogen-bond acceptors (Lipinski definition) is 3. The zero-order valence-electron chi connectivity index (χ0n) is 11.0. The highest BCUT2D eigenvalue weighted by Gasteiger charge is 2.21. The molecule has 3 nitrogen and oxygen atoms in total. The van der Waals surface area contributed by atoms with Gasteiger partial charge in [0.1, 0.15) is 5.84 Å². The normalized spacial score (nSPS) is 15.0. The van der Waals surface area contributed by atoms with Crippen molar-refractivity contribution in [2.24, 2.45) is 4.99 Å². The average molecular weight is 281 g/mol. The highest BCUT2D eigenvalue weighted by molar-refractivity contribution is 7.09. The maximum Gasteiger partial charge on any atom is 0.133 e. The molecule has 1 aliphatic rings. The molecule has 0 saturated carbocycles. The van der Waals surface area contributed by atoms with Gasteiger partial charge in [0.25, 0.3) is 0 Å². The van der Waals surface area contributed by atoms with Gasteiger partial charge in [-0.05, 0) is 17.5 Å². The van der Waals surface area contributed by atoms with E-state index in [0.29, 0.717) is 0 Å². The van der Waals surface area contributed by atoms with E-state index in [4.69, 9.17) is 4.99 Å². The molecular weight excluding hydrogens is 266 g/mol. The molecular formula is C16H15N3S. The molecule has 0 spiro atoms. The molecule has 0 radical (unpaired) electrons. The highest BCUT2D eigenvalue weighted by Crippen LogP contribution is 2.23. The summed E-state index contributed by atoms with van der Waals surface area (Å²) < 4.78 is 0. The molecule has 0 bridgehead atoms. The molecule has 0 saturated heterocycles. The van der Waals surface area contributed by atoms with Crippen molar-refractivity contribution in [2.45, 2.75) is 6.54 Å². The number of aromatic amines is 1. The van der Waals surface area contributed by atoms with E-state index >= 15 is 0 Å². The molecule has 1 N–H and O–H groups in total. The minimum atomic E-state index is 0.889. The van der Waals surface area contributed by atoms with Gasteiger partial charge in [0.05, 0.1) is 13.1 Å². The maximum absolute atomic E-state index is 4.72. The zero-order chi connectivity index (χ0) is 13.4. The van der Waals surface area contributed by atoms with E-state index < -0.39 is 0 Å². The van der Waals surface area contributed by atoms with Crippen LogP contribution in [0.2, 0.25) is 0 Å². The monoisotopic (exact) mass is 281 g/mol. The van der Waals surface area contributed by atoms with Crippen LogP contribution in [0, 0.1) is 0 Å². The first kappa shape index (κ1) is 11.7. The van der Waals surface area contributed by atoms with Crippen molar-refractivity contribution < 1.29 is 0 Å². The van der Waals surface area contributed by atoms with Gasteiger partial charge in [-0.1, -0.05) is 24.3 Å². The summed E-state index contributed by atoms with van der Waals surface area (Å²) in [6, 6.07) is 12.7. The summed E-state index contributed by atoms with van der Waals surface area (Å²) in [5, 5.41) is 3.39. The van der Waals surface area contributed by atoms with Crippen LogP contribution in [0.5, 0.6) is 0 Å². The van der Waals surface area contributed by atoms with Gasteiger partial charge in [0.15, 0.2) is 0 Å². The summed E-state index contributed by atoms with van der Waals surface area (Å²) in [4.78, 5) is 11.8. The topological polar surface area (TPSA) is 31.4 Å². The Hall–Kier alpha value is -2.07. The van der Waals surface area contributed by atoms with Crippen molar-refractivity contribution >= 4 is 28.1 Å². The van der Waals surface area contributed by atoms with E-state index in [1.807, 2.05) is 11.3 Å². The predicted molar refractivity (Wildman–Crippen MR) is 84.4 cm³/mol. The molecule has 0 atom stereocenters. The summed E-state index contributed by atoms with van der Waals surface area (Å²) in [6.07, 6.45) is 2.08. The third-order valence-corrected chi connectivity index (χ3v) is 4.55. The molecule has 1 aliphatic heterocycles. The second kappa shape index (κ2) is 4.80. The Kier molecular flexibility index (Phi) is 2.81. The first-order chi connectivity index (χ1) is 9.92. The first-order valence-corrected chi connectivity index (χ1v) is 7.68. The number of benzene rings is 1. The van der Waals surface area contributed by atoms with Crippen molar-refractivity contribution in [1.29, 1.82) is 0 Å². The average Bonchev–Trinajstić information content (AvgIpc) is 3.19. The molecule has 1 aromatic carbocycles. The SMILES string of the molecule is c1csc(CN2CCN=C2c2c[nH]c3ccccc23)c1. The fraction of sp³-hybridized carbons (Fsp3) is 0.188. The van der Waals surface area contributed by atoms with Gasteiger partial charge in [-0.15, -0.1) is 11.3 Å². The molecule has 4 heteroatoms. The van der Waals surface area contributed by atoms with Crippen LogP contribution in [0.3, 0.4) is 0 Å². The van der Waals surface area contributed by atoms with Crippen LogP contribution in [-0.4, -0.2) is 28.8 Å². The Morgan fingerprint density at radius 1 is 1.20 bits per heavy atom. The maximum atomic E-state index is 4.72. The molecule has 20 heavy (non-hydrogen) atoms. The van der Waals surface area contributed by atoms with Crippen molar-refractivity contribution in [1.82, 2.24) is 9.88 Å². The largest absolute Gasteiger partial charge is 0.360 e. The van der Waals surface area contributed by atoms with Crippen LogP contribution in [0.4, 0.5) is 0 Å². The van der Waals surface area contributed by atoms with E-state index in [2.05, 4.69) is 57.9 Å². The summed E-state index contributed by atoms with van der Waals surface area (Å²) in [6.45, 7) is 2.85. The van der Waals surface area contributed by atoms with Gasteiger partial charge in [-0.3, -0.25) is 4.99 Å². The molecule has 0 fully saturated rings. The van der Waals surface area contributed by atoms with Crippen LogP contribution < -0.4 is 0 Å². The molecule has 2 aromatic heterocycles. The summed E-state index contributed by atoms with van der Waals surface area (Å²) in [5.41, 5.74) is 2.39. The van der Waals surface area contributed by atoms with E-state index in [1.165, 1.54) is 21.3 Å². The molecule has 3 heterocycles. The van der Waals surface area contributed by atoms with Gasteiger partial charge < -0.3 is 9.88 Å². The summed E-state index contributed by atoms with van der Waals surface area (Å²) in [5.74, 6) is 1.12. The number of amidine groups is 1.